The van der Waals surface area contributed by atoms with E-state index in [0.29, 0.717) is 23.7 Å². The number of nitrogens with zero attached hydrogens (tertiary/aromatic N) is 3. The predicted octanol–water partition coefficient (Wildman–Crippen LogP) is 1.69. The highest BCUT2D eigenvalue weighted by molar-refractivity contribution is 6.66. The van der Waals surface area contributed by atoms with Gasteiger partial charge in [-0.3, -0.25) is 9.90 Å². The molecule has 0 spiro atoms. The van der Waals surface area contributed by atoms with Gasteiger partial charge in [0.1, 0.15) is 0 Å². The lowest BCUT2D eigenvalue weighted by Gasteiger charge is -2.58. The van der Waals surface area contributed by atoms with Gasteiger partial charge in [0.05, 0.1) is 17.0 Å². The van der Waals surface area contributed by atoms with Crippen LogP contribution in [-0.4, -0.2) is 38.4 Å². The molecule has 1 aromatic heterocycles. The Hall–Kier alpha value is -1.92. The number of fused-ring (bicyclic) bond motifs is 3. The van der Waals surface area contributed by atoms with Crippen molar-refractivity contribution in [2.45, 2.75) is 44.1 Å². The van der Waals surface area contributed by atoms with Gasteiger partial charge >= 0.3 is 7.05 Å². The van der Waals surface area contributed by atoms with Crippen LogP contribution in [0.5, 0.6) is 0 Å². The van der Waals surface area contributed by atoms with Crippen LogP contribution in [0.15, 0.2) is 30.2 Å². The zero-order valence-corrected chi connectivity index (χ0v) is 15.4. The van der Waals surface area contributed by atoms with Gasteiger partial charge in [-0.2, -0.15) is 5.10 Å². The predicted molar refractivity (Wildman–Crippen MR) is 105 cm³/mol. The lowest BCUT2D eigenvalue weighted by molar-refractivity contribution is -0.138. The highest BCUT2D eigenvalue weighted by atomic mass is 16.3. The maximum Gasteiger partial charge on any atom is 0.472 e. The summed E-state index contributed by atoms with van der Waals surface area (Å²) in [4.78, 5) is 6.17. The van der Waals surface area contributed by atoms with Crippen molar-refractivity contribution in [1.82, 2.24) is 9.90 Å². The quantitative estimate of drug-likeness (QED) is 0.787. The van der Waals surface area contributed by atoms with E-state index in [9.17, 15) is 10.1 Å². The van der Waals surface area contributed by atoms with Crippen molar-refractivity contribution < 1.29 is 10.1 Å². The van der Waals surface area contributed by atoms with E-state index in [-0.39, 0.29) is 0 Å². The number of hydrogen-bond donors (Lipinski definition) is 2. The minimum atomic E-state index is -0.839. The van der Waals surface area contributed by atoms with Crippen LogP contribution >= 0.6 is 0 Å². The fourth-order valence-electron chi connectivity index (χ4n) is 6.87. The Morgan fingerprint density at radius 3 is 2.74 bits per heavy atom. The Morgan fingerprint density at radius 2 is 2.04 bits per heavy atom. The summed E-state index contributed by atoms with van der Waals surface area (Å²) >= 11 is 0. The molecule has 3 unspecified atom stereocenters. The van der Waals surface area contributed by atoms with Crippen molar-refractivity contribution in [3.8, 4) is 0 Å². The SMILES string of the molecule is C=CN1N=C(C2[C@@H]3CC4C[C@H]2CC(O)(C4)C3)c2c(cnc3c2C=CC3)B1O. The number of pyridine rings is 1. The molecule has 5 nitrogen and oxygen atoms in total. The van der Waals surface area contributed by atoms with E-state index < -0.39 is 12.7 Å². The third-order valence-corrected chi connectivity index (χ3v) is 7.58. The number of hydrogen-bond acceptors (Lipinski definition) is 5. The molecular weight excluding hydrogens is 337 g/mol. The van der Waals surface area contributed by atoms with Crippen LogP contribution in [0.4, 0.5) is 0 Å². The summed E-state index contributed by atoms with van der Waals surface area (Å²) in [6.45, 7) is 3.85. The number of aliphatic hydroxyl groups is 1. The van der Waals surface area contributed by atoms with Gasteiger partial charge in [-0.05, 0) is 49.9 Å². The number of hydrazone groups is 1. The molecule has 4 bridgehead atoms. The van der Waals surface area contributed by atoms with Crippen molar-refractivity contribution in [1.29, 1.82) is 0 Å². The minimum absolute atomic E-state index is 0.344. The van der Waals surface area contributed by atoms with Crippen LogP contribution in [0.2, 0.25) is 0 Å². The Morgan fingerprint density at radius 1 is 1.26 bits per heavy atom. The first-order valence-electron chi connectivity index (χ1n) is 10.1. The third kappa shape index (κ3) is 2.14. The second-order valence-corrected chi connectivity index (χ2v) is 9.20. The molecule has 27 heavy (non-hydrogen) atoms. The average Bonchev–Trinajstić information content (AvgIpc) is 3.10. The zero-order valence-electron chi connectivity index (χ0n) is 15.4. The van der Waals surface area contributed by atoms with Gasteiger partial charge in [-0.25, -0.2) is 0 Å². The molecule has 0 amide bonds. The molecule has 4 fully saturated rings. The monoisotopic (exact) mass is 361 g/mol. The molecule has 0 radical (unpaired) electrons. The molecule has 4 saturated carbocycles. The van der Waals surface area contributed by atoms with E-state index in [0.717, 1.165) is 53.7 Å². The first-order chi connectivity index (χ1) is 13.1. The highest BCUT2D eigenvalue weighted by Crippen LogP contribution is 2.59. The lowest BCUT2D eigenvalue weighted by atomic mass is 9.48. The van der Waals surface area contributed by atoms with E-state index in [2.05, 4.69) is 23.7 Å². The lowest BCUT2D eigenvalue weighted by Crippen LogP contribution is -2.59. The van der Waals surface area contributed by atoms with E-state index in [1.165, 1.54) is 12.8 Å². The molecule has 0 saturated heterocycles. The van der Waals surface area contributed by atoms with E-state index >= 15 is 0 Å². The van der Waals surface area contributed by atoms with Crippen LogP contribution in [0.25, 0.3) is 6.08 Å². The molecular formula is C21H24BN3O2. The number of aromatic nitrogens is 1. The fourth-order valence-corrected chi connectivity index (χ4v) is 6.87. The molecule has 1 aromatic rings. The Kier molecular flexibility index (Phi) is 3.17. The van der Waals surface area contributed by atoms with E-state index in [4.69, 9.17) is 5.10 Å². The van der Waals surface area contributed by atoms with Gasteiger partial charge in [0.15, 0.2) is 0 Å². The van der Waals surface area contributed by atoms with Crippen molar-refractivity contribution in [3.05, 3.63) is 41.9 Å². The average molecular weight is 361 g/mol. The van der Waals surface area contributed by atoms with Crippen molar-refractivity contribution in [3.63, 3.8) is 0 Å². The molecule has 0 aromatic carbocycles. The summed E-state index contributed by atoms with van der Waals surface area (Å²) in [5.74, 6) is 1.96. The zero-order chi connectivity index (χ0) is 18.3. The summed E-state index contributed by atoms with van der Waals surface area (Å²) < 4.78 is 0. The molecule has 6 heteroatoms. The standard InChI is InChI=1S/C21H24BN3O2/c1-2-25-22(27)16-11-23-17-5-3-4-15(17)19(16)20(24-25)18-13-6-12-7-14(18)10-21(26,8-12)9-13/h2-4,11-14,18,26-27H,1,5-10H2/t12?,13-,14+,18?,21?. The second kappa shape index (κ2) is 5.33. The summed E-state index contributed by atoms with van der Waals surface area (Å²) in [5, 5.41) is 26.7. The van der Waals surface area contributed by atoms with Crippen LogP contribution in [0.1, 0.15) is 48.9 Å². The smallest absolute Gasteiger partial charge is 0.427 e. The van der Waals surface area contributed by atoms with Gasteiger partial charge in [-0.15, -0.1) is 0 Å². The van der Waals surface area contributed by atoms with Crippen LogP contribution in [0.3, 0.4) is 0 Å². The molecule has 1 aliphatic heterocycles. The maximum absolute atomic E-state index is 11.0. The molecule has 7 rings (SSSR count). The highest BCUT2D eigenvalue weighted by Gasteiger charge is 2.57. The number of allylic oxidation sites excluding steroid dienone is 1. The molecule has 5 atom stereocenters. The van der Waals surface area contributed by atoms with Gasteiger partial charge in [0, 0.05) is 41.3 Å². The van der Waals surface area contributed by atoms with Crippen molar-refractivity contribution >= 4 is 24.3 Å². The molecule has 2 heterocycles. The molecule has 6 aliphatic rings. The van der Waals surface area contributed by atoms with Crippen LogP contribution in [-0.2, 0) is 6.42 Å². The maximum atomic E-state index is 11.0. The summed E-state index contributed by atoms with van der Waals surface area (Å²) in [5.41, 5.74) is 4.74. The Balaban J connectivity index is 1.52. The first-order valence-corrected chi connectivity index (χ1v) is 10.1. The molecule has 138 valence electrons. The Labute approximate surface area is 159 Å². The first kappa shape index (κ1) is 16.1. The molecule has 5 aliphatic carbocycles. The van der Waals surface area contributed by atoms with Gasteiger partial charge in [0.25, 0.3) is 0 Å². The largest absolute Gasteiger partial charge is 0.472 e. The molecule has 2 N–H and O–H groups in total. The normalized spacial score (nSPS) is 38.1. The second-order valence-electron chi connectivity index (χ2n) is 9.20. The van der Waals surface area contributed by atoms with Gasteiger partial charge in [-0.1, -0.05) is 18.7 Å². The summed E-state index contributed by atoms with van der Waals surface area (Å²) in [6, 6.07) is 0. The third-order valence-electron chi connectivity index (χ3n) is 7.58. The minimum Gasteiger partial charge on any atom is -0.427 e. The van der Waals surface area contributed by atoms with E-state index in [1.807, 2.05) is 6.20 Å². The van der Waals surface area contributed by atoms with Gasteiger partial charge in [0.2, 0.25) is 0 Å². The Bertz CT molecular complexity index is 895. The van der Waals surface area contributed by atoms with Gasteiger partial charge < -0.3 is 10.1 Å². The summed E-state index contributed by atoms with van der Waals surface area (Å²) in [6.07, 6.45) is 13.7. The number of rotatable bonds is 2. The fraction of sp³-hybridized carbons (Fsp3) is 0.524. The topological polar surface area (TPSA) is 69.0 Å². The van der Waals surface area contributed by atoms with Crippen LogP contribution < -0.4 is 5.46 Å². The van der Waals surface area contributed by atoms with E-state index in [1.54, 1.807) is 11.1 Å². The summed E-state index contributed by atoms with van der Waals surface area (Å²) in [7, 11) is -0.839. The van der Waals surface area contributed by atoms with Crippen molar-refractivity contribution in [2.24, 2.45) is 28.8 Å². The van der Waals surface area contributed by atoms with Crippen LogP contribution in [0, 0.1) is 23.7 Å². The van der Waals surface area contributed by atoms with Crippen molar-refractivity contribution in [2.75, 3.05) is 0 Å².